The van der Waals surface area contributed by atoms with Gasteiger partial charge in [0.05, 0.1) is 16.6 Å². The van der Waals surface area contributed by atoms with Crippen LogP contribution in [0.3, 0.4) is 0 Å². The average Bonchev–Trinajstić information content (AvgIpc) is 3.47. The van der Waals surface area contributed by atoms with E-state index in [2.05, 4.69) is 25.4 Å². The van der Waals surface area contributed by atoms with Gasteiger partial charge in [-0.25, -0.2) is 14.5 Å². The van der Waals surface area contributed by atoms with E-state index in [-0.39, 0.29) is 11.7 Å². The summed E-state index contributed by atoms with van der Waals surface area (Å²) in [6.07, 6.45) is 4.32. The topological polar surface area (TPSA) is 101 Å². The van der Waals surface area contributed by atoms with Crippen LogP contribution >= 0.6 is 11.3 Å². The molecule has 1 amide bonds. The first-order chi connectivity index (χ1) is 15.6. The molecule has 9 heteroatoms. The van der Waals surface area contributed by atoms with Crippen molar-refractivity contribution in [1.29, 1.82) is 0 Å². The summed E-state index contributed by atoms with van der Waals surface area (Å²) in [5.41, 5.74) is 5.89. The molecule has 0 fully saturated rings. The number of para-hydroxylation sites is 2. The molecular formula is C23H21N7OS. The van der Waals surface area contributed by atoms with Crippen molar-refractivity contribution in [2.75, 3.05) is 5.32 Å². The fourth-order valence-electron chi connectivity index (χ4n) is 4.40. The highest BCUT2D eigenvalue weighted by Crippen LogP contribution is 2.43. The van der Waals surface area contributed by atoms with Crippen molar-refractivity contribution < 1.29 is 4.79 Å². The number of thiophene rings is 1. The van der Waals surface area contributed by atoms with Crippen molar-refractivity contribution in [3.63, 3.8) is 0 Å². The Bertz CT molecular complexity index is 1480. The summed E-state index contributed by atoms with van der Waals surface area (Å²) in [5.74, 6) is 0.976. The summed E-state index contributed by atoms with van der Waals surface area (Å²) in [5, 5.41) is 8.25. The van der Waals surface area contributed by atoms with Crippen LogP contribution < -0.4 is 5.32 Å². The molecular weight excluding hydrogens is 422 g/mol. The average molecular weight is 444 g/mol. The molecule has 32 heavy (non-hydrogen) atoms. The number of benzene rings is 1. The van der Waals surface area contributed by atoms with Crippen LogP contribution in [0.1, 0.15) is 45.3 Å². The number of aromatic amines is 1. The lowest BCUT2D eigenvalue weighted by Gasteiger charge is -2.11. The van der Waals surface area contributed by atoms with E-state index in [4.69, 9.17) is 4.98 Å². The molecule has 0 unspecified atom stereocenters. The SMILES string of the molecule is Cc1cc(C)n2nc(C(=O)Nc3sc4c(c3-c3nc5ccccc5[nH]3)CCCC4)nc2n1. The first kappa shape index (κ1) is 19.1. The van der Waals surface area contributed by atoms with Crippen LogP contribution in [0.4, 0.5) is 5.00 Å². The van der Waals surface area contributed by atoms with Gasteiger partial charge in [0, 0.05) is 16.3 Å². The van der Waals surface area contributed by atoms with Crippen molar-refractivity contribution in [1.82, 2.24) is 29.5 Å². The number of hydrogen-bond acceptors (Lipinski definition) is 6. The molecule has 6 rings (SSSR count). The Labute approximate surface area is 187 Å². The van der Waals surface area contributed by atoms with Crippen LogP contribution in [0, 0.1) is 13.8 Å². The summed E-state index contributed by atoms with van der Waals surface area (Å²) < 4.78 is 1.60. The number of imidazole rings is 1. The molecule has 1 aromatic carbocycles. The Morgan fingerprint density at radius 1 is 1.12 bits per heavy atom. The lowest BCUT2D eigenvalue weighted by atomic mass is 9.95. The predicted octanol–water partition coefficient (Wildman–Crippen LogP) is 4.48. The van der Waals surface area contributed by atoms with E-state index in [0.29, 0.717) is 5.78 Å². The number of amides is 1. The zero-order chi connectivity index (χ0) is 21.8. The van der Waals surface area contributed by atoms with Gasteiger partial charge in [0.2, 0.25) is 5.82 Å². The molecule has 0 radical (unpaired) electrons. The molecule has 8 nitrogen and oxygen atoms in total. The quantitative estimate of drug-likeness (QED) is 0.428. The molecule has 5 aromatic rings. The van der Waals surface area contributed by atoms with Gasteiger partial charge in [0.15, 0.2) is 0 Å². The molecule has 0 saturated carbocycles. The lowest BCUT2D eigenvalue weighted by Crippen LogP contribution is -2.14. The van der Waals surface area contributed by atoms with E-state index in [1.807, 2.05) is 44.2 Å². The minimum Gasteiger partial charge on any atom is -0.338 e. The molecule has 2 N–H and O–H groups in total. The Morgan fingerprint density at radius 3 is 2.84 bits per heavy atom. The molecule has 0 saturated heterocycles. The van der Waals surface area contributed by atoms with Gasteiger partial charge in [-0.05, 0) is 63.3 Å². The first-order valence-electron chi connectivity index (χ1n) is 10.7. The number of fused-ring (bicyclic) bond motifs is 3. The Hall–Kier alpha value is -3.59. The second-order valence-electron chi connectivity index (χ2n) is 8.16. The van der Waals surface area contributed by atoms with E-state index in [1.54, 1.807) is 15.9 Å². The van der Waals surface area contributed by atoms with E-state index in [9.17, 15) is 4.79 Å². The first-order valence-corrected chi connectivity index (χ1v) is 11.5. The van der Waals surface area contributed by atoms with Gasteiger partial charge in [-0.2, -0.15) is 4.98 Å². The van der Waals surface area contributed by atoms with Crippen LogP contribution in [0.15, 0.2) is 30.3 Å². The van der Waals surface area contributed by atoms with Crippen molar-refractivity contribution in [3.8, 4) is 11.4 Å². The molecule has 0 spiro atoms. The van der Waals surface area contributed by atoms with Crippen molar-refractivity contribution in [2.24, 2.45) is 0 Å². The Morgan fingerprint density at radius 2 is 1.97 bits per heavy atom. The summed E-state index contributed by atoms with van der Waals surface area (Å²) >= 11 is 1.63. The van der Waals surface area contributed by atoms with E-state index >= 15 is 0 Å². The highest BCUT2D eigenvalue weighted by Gasteiger charge is 2.26. The van der Waals surface area contributed by atoms with Crippen LogP contribution in [0.2, 0.25) is 0 Å². The van der Waals surface area contributed by atoms with Crippen LogP contribution in [-0.4, -0.2) is 35.5 Å². The largest absolute Gasteiger partial charge is 0.338 e. The van der Waals surface area contributed by atoms with Crippen LogP contribution in [-0.2, 0) is 12.8 Å². The Kier molecular flexibility index (Phi) is 4.32. The minimum absolute atomic E-state index is 0.105. The smallest absolute Gasteiger partial charge is 0.296 e. The molecule has 0 bridgehead atoms. The molecule has 0 aliphatic heterocycles. The predicted molar refractivity (Wildman–Crippen MR) is 124 cm³/mol. The number of nitrogens with one attached hydrogen (secondary N) is 2. The molecule has 4 aromatic heterocycles. The van der Waals surface area contributed by atoms with Gasteiger partial charge in [0.1, 0.15) is 10.8 Å². The summed E-state index contributed by atoms with van der Waals surface area (Å²) in [6.45, 7) is 3.82. The molecule has 1 aliphatic carbocycles. The van der Waals surface area contributed by atoms with Gasteiger partial charge in [0.25, 0.3) is 11.7 Å². The maximum Gasteiger partial charge on any atom is 0.296 e. The molecule has 0 atom stereocenters. The maximum absolute atomic E-state index is 13.1. The van der Waals surface area contributed by atoms with Gasteiger partial charge >= 0.3 is 0 Å². The van der Waals surface area contributed by atoms with Crippen molar-refractivity contribution in [2.45, 2.75) is 39.5 Å². The lowest BCUT2D eigenvalue weighted by molar-refractivity contribution is 0.101. The number of aromatic nitrogens is 6. The van der Waals surface area contributed by atoms with Crippen molar-refractivity contribution >= 4 is 39.1 Å². The number of carbonyl (C=O) groups is 1. The van der Waals surface area contributed by atoms with Crippen LogP contribution in [0.5, 0.6) is 0 Å². The van der Waals surface area contributed by atoms with E-state index < -0.39 is 0 Å². The van der Waals surface area contributed by atoms with Gasteiger partial charge in [-0.1, -0.05) is 12.1 Å². The zero-order valence-electron chi connectivity index (χ0n) is 17.8. The third kappa shape index (κ3) is 3.08. The number of rotatable bonds is 3. The third-order valence-electron chi connectivity index (χ3n) is 5.85. The van der Waals surface area contributed by atoms with E-state index in [1.165, 1.54) is 16.9 Å². The van der Waals surface area contributed by atoms with Crippen molar-refractivity contribution in [3.05, 3.63) is 58.0 Å². The zero-order valence-corrected chi connectivity index (χ0v) is 18.6. The second-order valence-corrected chi connectivity index (χ2v) is 9.26. The summed E-state index contributed by atoms with van der Waals surface area (Å²) in [4.78, 5) is 31.5. The van der Waals surface area contributed by atoms with Crippen LogP contribution in [0.25, 0.3) is 28.2 Å². The number of H-pyrrole nitrogens is 1. The summed E-state index contributed by atoms with van der Waals surface area (Å²) in [7, 11) is 0. The molecule has 1 aliphatic rings. The second kappa shape index (κ2) is 7.23. The van der Waals surface area contributed by atoms with Gasteiger partial charge < -0.3 is 10.3 Å². The summed E-state index contributed by atoms with van der Waals surface area (Å²) in [6, 6.07) is 9.88. The monoisotopic (exact) mass is 443 g/mol. The highest BCUT2D eigenvalue weighted by atomic mass is 32.1. The maximum atomic E-state index is 13.1. The molecule has 4 heterocycles. The number of aryl methyl sites for hydroxylation is 3. The minimum atomic E-state index is -0.344. The highest BCUT2D eigenvalue weighted by molar-refractivity contribution is 7.17. The fourth-order valence-corrected chi connectivity index (χ4v) is 5.68. The van der Waals surface area contributed by atoms with E-state index in [0.717, 1.165) is 58.1 Å². The Balaban J connectivity index is 1.42. The van der Waals surface area contributed by atoms with Gasteiger partial charge in [-0.15, -0.1) is 16.4 Å². The van der Waals surface area contributed by atoms with Gasteiger partial charge in [-0.3, -0.25) is 4.79 Å². The number of anilines is 1. The third-order valence-corrected chi connectivity index (χ3v) is 7.05. The number of hydrogen-bond donors (Lipinski definition) is 2. The number of nitrogens with zero attached hydrogens (tertiary/aromatic N) is 5. The normalized spacial score (nSPS) is 13.6. The number of carbonyl (C=O) groups excluding carboxylic acids is 1. The standard InChI is InChI=1S/C23H21N7OS/c1-12-11-13(2)30-23(24-12)27-20(29-30)21(31)28-22-18(14-7-3-6-10-17(14)32-22)19-25-15-8-4-5-9-16(15)26-19/h4-5,8-9,11H,3,6-7,10H2,1-2H3,(H,25,26)(H,28,31). The fraction of sp³-hybridized carbons (Fsp3) is 0.261. The molecule has 160 valence electrons.